The Balaban J connectivity index is 2.85. The van der Waals surface area contributed by atoms with Crippen LogP contribution in [0.5, 0.6) is 0 Å². The van der Waals surface area contributed by atoms with E-state index in [9.17, 15) is 22.4 Å². The first kappa shape index (κ1) is 16.2. The van der Waals surface area contributed by atoms with Crippen molar-refractivity contribution in [3.8, 4) is 0 Å². The monoisotopic (exact) mass is 349 g/mol. The van der Waals surface area contributed by atoms with Gasteiger partial charge in [0.2, 0.25) is 9.84 Å². The number of carboxylic acids is 1. The predicted molar refractivity (Wildman–Crippen MR) is 72.3 cm³/mol. The van der Waals surface area contributed by atoms with Crippen molar-refractivity contribution in [2.75, 3.05) is 0 Å². The van der Waals surface area contributed by atoms with Crippen LogP contribution in [0.25, 0.3) is 0 Å². The number of hydrogen-bond acceptors (Lipinski definition) is 5. The third kappa shape index (κ3) is 2.29. The average Bonchev–Trinajstić information content (AvgIpc) is 2.66. The van der Waals surface area contributed by atoms with Gasteiger partial charge in [0.15, 0.2) is 5.82 Å². The lowest BCUT2D eigenvalue weighted by atomic mass is 10.2. The molecule has 0 aliphatic rings. The van der Waals surface area contributed by atoms with E-state index >= 15 is 0 Å². The van der Waals surface area contributed by atoms with Gasteiger partial charge in [0.1, 0.15) is 4.90 Å². The molecule has 0 bridgehead atoms. The SMILES string of the molecule is Cn1nc(S(=O)(=O)c2c(Cl)ccc(C(=O)O)c2F)n(C)c1=O. The Morgan fingerprint density at radius 1 is 1.36 bits per heavy atom. The summed E-state index contributed by atoms with van der Waals surface area (Å²) in [7, 11) is -2.28. The highest BCUT2D eigenvalue weighted by atomic mass is 35.5. The molecule has 0 radical (unpaired) electrons. The fourth-order valence-electron chi connectivity index (χ4n) is 1.81. The van der Waals surface area contributed by atoms with Gasteiger partial charge in [-0.15, -0.1) is 5.10 Å². The van der Waals surface area contributed by atoms with Gasteiger partial charge < -0.3 is 5.11 Å². The van der Waals surface area contributed by atoms with Gasteiger partial charge in [-0.2, -0.15) is 0 Å². The van der Waals surface area contributed by atoms with Crippen LogP contribution >= 0.6 is 11.6 Å². The lowest BCUT2D eigenvalue weighted by Gasteiger charge is -2.08. The number of rotatable bonds is 3. The molecule has 0 aliphatic heterocycles. The van der Waals surface area contributed by atoms with Crippen molar-refractivity contribution < 1.29 is 22.7 Å². The number of sulfone groups is 1. The number of carbonyl (C=O) groups is 1. The molecular weight excluding hydrogens is 341 g/mol. The molecule has 1 aromatic heterocycles. The molecule has 8 nitrogen and oxygen atoms in total. The summed E-state index contributed by atoms with van der Waals surface area (Å²) in [6.45, 7) is 0. The van der Waals surface area contributed by atoms with Crippen molar-refractivity contribution in [1.29, 1.82) is 0 Å². The zero-order valence-electron chi connectivity index (χ0n) is 11.2. The van der Waals surface area contributed by atoms with E-state index in [2.05, 4.69) is 5.10 Å². The van der Waals surface area contributed by atoms with Gasteiger partial charge in [-0.25, -0.2) is 27.1 Å². The molecule has 0 amide bonds. The Labute approximate surface area is 128 Å². The maximum atomic E-state index is 14.2. The second kappa shape index (κ2) is 5.21. The Kier molecular flexibility index (Phi) is 3.83. The fraction of sp³-hybridized carbons (Fsp3) is 0.182. The highest BCUT2D eigenvalue weighted by Gasteiger charge is 2.33. The molecule has 1 aromatic carbocycles. The average molecular weight is 350 g/mol. The molecule has 118 valence electrons. The van der Waals surface area contributed by atoms with E-state index in [0.717, 1.165) is 23.9 Å². The summed E-state index contributed by atoms with van der Waals surface area (Å²) in [4.78, 5) is 21.5. The van der Waals surface area contributed by atoms with E-state index in [1.165, 1.54) is 7.05 Å². The topological polar surface area (TPSA) is 111 Å². The number of nitrogens with zero attached hydrogens (tertiary/aromatic N) is 3. The van der Waals surface area contributed by atoms with E-state index in [4.69, 9.17) is 16.7 Å². The highest BCUT2D eigenvalue weighted by Crippen LogP contribution is 2.30. The Morgan fingerprint density at radius 2 is 1.95 bits per heavy atom. The summed E-state index contributed by atoms with van der Waals surface area (Å²) in [6, 6.07) is 1.79. The molecule has 11 heteroatoms. The van der Waals surface area contributed by atoms with Crippen LogP contribution in [0.2, 0.25) is 5.02 Å². The van der Waals surface area contributed by atoms with Crippen LogP contribution in [0.15, 0.2) is 27.0 Å². The van der Waals surface area contributed by atoms with E-state index < -0.39 is 48.0 Å². The number of halogens is 2. The number of hydrogen-bond donors (Lipinski definition) is 1. The third-order valence-electron chi connectivity index (χ3n) is 2.87. The number of aryl methyl sites for hydroxylation is 1. The molecule has 0 spiro atoms. The van der Waals surface area contributed by atoms with Crippen LogP contribution in [0.1, 0.15) is 10.4 Å². The molecule has 1 heterocycles. The van der Waals surface area contributed by atoms with Gasteiger partial charge in [-0.3, -0.25) is 4.57 Å². The fourth-order valence-corrected chi connectivity index (χ4v) is 3.78. The molecule has 2 rings (SSSR count). The van der Waals surface area contributed by atoms with E-state index in [-0.39, 0.29) is 0 Å². The summed E-state index contributed by atoms with van der Waals surface area (Å²) >= 11 is 5.71. The summed E-state index contributed by atoms with van der Waals surface area (Å²) in [5.41, 5.74) is -1.60. The number of carboxylic acid groups (broad SMARTS) is 1. The Hall–Kier alpha value is -2.20. The van der Waals surface area contributed by atoms with Crippen LogP contribution in [0.3, 0.4) is 0 Å². The molecule has 0 aliphatic carbocycles. The molecule has 1 N–H and O–H groups in total. The second-order valence-electron chi connectivity index (χ2n) is 4.29. The summed E-state index contributed by atoms with van der Waals surface area (Å²) < 4.78 is 40.6. The van der Waals surface area contributed by atoms with E-state index in [1.54, 1.807) is 0 Å². The molecule has 0 saturated heterocycles. The van der Waals surface area contributed by atoms with Gasteiger partial charge in [-0.1, -0.05) is 11.6 Å². The minimum Gasteiger partial charge on any atom is -0.478 e. The predicted octanol–water partition coefficient (Wildman–Crippen LogP) is 0.442. The number of aromatic carboxylic acids is 1. The van der Waals surface area contributed by atoms with Gasteiger partial charge in [0.05, 0.1) is 10.6 Å². The smallest absolute Gasteiger partial charge is 0.346 e. The quantitative estimate of drug-likeness (QED) is 0.860. The van der Waals surface area contributed by atoms with Crippen LogP contribution in [0, 0.1) is 5.82 Å². The van der Waals surface area contributed by atoms with Crippen LogP contribution in [-0.2, 0) is 23.9 Å². The first-order valence-corrected chi connectivity index (χ1v) is 7.51. The van der Waals surface area contributed by atoms with Crippen molar-refractivity contribution in [2.24, 2.45) is 14.1 Å². The van der Waals surface area contributed by atoms with Crippen molar-refractivity contribution in [3.63, 3.8) is 0 Å². The maximum Gasteiger partial charge on any atom is 0.346 e. The Morgan fingerprint density at radius 3 is 2.41 bits per heavy atom. The third-order valence-corrected chi connectivity index (χ3v) is 5.07. The minimum absolute atomic E-state index is 0.513. The largest absolute Gasteiger partial charge is 0.478 e. The van der Waals surface area contributed by atoms with Crippen molar-refractivity contribution >= 4 is 27.4 Å². The maximum absolute atomic E-state index is 14.2. The normalized spacial score (nSPS) is 11.6. The lowest BCUT2D eigenvalue weighted by Crippen LogP contribution is -2.22. The first-order chi connectivity index (χ1) is 10.1. The standard InChI is InChI=1S/C11H9ClFN3O5S/c1-15-10(14-16(2)11(15)19)22(20,21)8-6(12)4-3-5(7(8)13)9(17)18/h3-4H,1-2H3,(H,17,18). The van der Waals surface area contributed by atoms with Gasteiger partial charge in [0, 0.05) is 14.1 Å². The summed E-state index contributed by atoms with van der Waals surface area (Å²) in [6.07, 6.45) is 0. The van der Waals surface area contributed by atoms with Crippen LogP contribution in [-0.4, -0.2) is 33.8 Å². The molecule has 0 fully saturated rings. The first-order valence-electron chi connectivity index (χ1n) is 5.65. The number of aromatic nitrogens is 3. The van der Waals surface area contributed by atoms with Crippen molar-refractivity contribution in [1.82, 2.24) is 14.3 Å². The van der Waals surface area contributed by atoms with E-state index in [0.29, 0.717) is 4.57 Å². The summed E-state index contributed by atoms with van der Waals surface area (Å²) in [5.74, 6) is -3.17. The summed E-state index contributed by atoms with van der Waals surface area (Å²) in [5, 5.41) is 11.1. The zero-order chi connectivity index (χ0) is 16.8. The van der Waals surface area contributed by atoms with Crippen LogP contribution < -0.4 is 5.69 Å². The number of benzene rings is 1. The second-order valence-corrected chi connectivity index (χ2v) is 6.48. The van der Waals surface area contributed by atoms with Crippen LogP contribution in [0.4, 0.5) is 4.39 Å². The van der Waals surface area contributed by atoms with E-state index in [1.807, 2.05) is 0 Å². The molecule has 0 saturated carbocycles. The molecule has 0 unspecified atom stereocenters. The Bertz CT molecular complexity index is 947. The highest BCUT2D eigenvalue weighted by molar-refractivity contribution is 7.91. The van der Waals surface area contributed by atoms with Gasteiger partial charge >= 0.3 is 11.7 Å². The van der Waals surface area contributed by atoms with Crippen molar-refractivity contribution in [3.05, 3.63) is 39.0 Å². The molecular formula is C11H9ClFN3O5S. The molecule has 0 atom stereocenters. The lowest BCUT2D eigenvalue weighted by molar-refractivity contribution is 0.0691. The zero-order valence-corrected chi connectivity index (χ0v) is 12.8. The minimum atomic E-state index is -4.63. The molecule has 22 heavy (non-hydrogen) atoms. The van der Waals surface area contributed by atoms with Crippen molar-refractivity contribution in [2.45, 2.75) is 10.1 Å². The molecule has 2 aromatic rings. The van der Waals surface area contributed by atoms with Gasteiger partial charge in [-0.05, 0) is 12.1 Å². The van der Waals surface area contributed by atoms with Gasteiger partial charge in [0.25, 0.3) is 5.16 Å².